The van der Waals surface area contributed by atoms with Gasteiger partial charge in [-0.1, -0.05) is 12.1 Å². The molecule has 18 heavy (non-hydrogen) atoms. The molecule has 0 aliphatic heterocycles. The normalized spacial score (nSPS) is 9.89. The summed E-state index contributed by atoms with van der Waals surface area (Å²) in [6.07, 6.45) is 0. The van der Waals surface area contributed by atoms with E-state index < -0.39 is 6.03 Å². The maximum absolute atomic E-state index is 11.3. The predicted octanol–water partition coefficient (Wildman–Crippen LogP) is 1.22. The van der Waals surface area contributed by atoms with Crippen LogP contribution >= 0.6 is 11.8 Å². The Bertz CT molecular complexity index is 408. The minimum absolute atomic E-state index is 0.127. The number of hydrogen-bond acceptors (Lipinski definition) is 5. The highest BCUT2D eigenvalue weighted by molar-refractivity contribution is 8.00. The second-order valence-corrected chi connectivity index (χ2v) is 4.38. The fraction of sp³-hybridized carbons (Fsp3) is 0.273. The second-order valence-electron chi connectivity index (χ2n) is 3.33. The van der Waals surface area contributed by atoms with Gasteiger partial charge in [0.05, 0.1) is 5.75 Å². The lowest BCUT2D eigenvalue weighted by molar-refractivity contribution is -0.253. The van der Waals surface area contributed by atoms with Crippen LogP contribution in [0, 0.1) is 0 Å². The van der Waals surface area contributed by atoms with Gasteiger partial charge in [0.1, 0.15) is 6.61 Å². The van der Waals surface area contributed by atoms with Gasteiger partial charge >= 0.3 is 6.03 Å². The molecule has 0 saturated heterocycles. The Labute approximate surface area is 109 Å². The molecule has 1 aromatic carbocycles. The molecule has 1 rings (SSSR count). The van der Waals surface area contributed by atoms with Crippen LogP contribution in [0.5, 0.6) is 0 Å². The maximum Gasteiger partial charge on any atom is 0.321 e. The summed E-state index contributed by atoms with van der Waals surface area (Å²) >= 11 is 1.31. The zero-order valence-corrected chi connectivity index (χ0v) is 10.6. The van der Waals surface area contributed by atoms with Gasteiger partial charge in [-0.15, -0.1) is 11.8 Å². The Kier molecular flexibility index (Phi) is 6.20. The van der Waals surface area contributed by atoms with E-state index in [-0.39, 0.29) is 18.3 Å². The summed E-state index contributed by atoms with van der Waals surface area (Å²) in [6.45, 7) is 0.127. The third kappa shape index (κ3) is 5.17. The molecule has 98 valence electrons. The molecule has 0 spiro atoms. The van der Waals surface area contributed by atoms with E-state index in [4.69, 9.17) is 5.26 Å². The number of thioether (sulfide) groups is 1. The van der Waals surface area contributed by atoms with E-state index >= 15 is 0 Å². The van der Waals surface area contributed by atoms with Crippen LogP contribution in [0.25, 0.3) is 0 Å². The van der Waals surface area contributed by atoms with Crippen molar-refractivity contribution in [2.45, 2.75) is 11.5 Å². The van der Waals surface area contributed by atoms with Gasteiger partial charge in [0, 0.05) is 11.9 Å². The van der Waals surface area contributed by atoms with Crippen molar-refractivity contribution in [2.75, 3.05) is 12.8 Å². The van der Waals surface area contributed by atoms with Crippen LogP contribution in [0.4, 0.5) is 4.79 Å². The van der Waals surface area contributed by atoms with Gasteiger partial charge in [0.15, 0.2) is 0 Å². The van der Waals surface area contributed by atoms with E-state index in [1.807, 2.05) is 12.1 Å². The molecule has 6 nitrogen and oxygen atoms in total. The summed E-state index contributed by atoms with van der Waals surface area (Å²) in [6, 6.07) is 6.68. The number of carbonyl (C=O) groups excluding carboxylic acids is 2. The Morgan fingerprint density at radius 1 is 1.33 bits per heavy atom. The topological polar surface area (TPSA) is 87.7 Å². The van der Waals surface area contributed by atoms with Crippen LogP contribution in [0.3, 0.4) is 0 Å². The zero-order valence-electron chi connectivity index (χ0n) is 9.80. The molecular weight excluding hydrogens is 256 g/mol. The van der Waals surface area contributed by atoms with Gasteiger partial charge in [-0.25, -0.2) is 9.68 Å². The summed E-state index contributed by atoms with van der Waals surface area (Å²) in [5, 5.41) is 12.7. The molecule has 0 unspecified atom stereocenters. The molecule has 0 heterocycles. The lowest BCUT2D eigenvalue weighted by atomic mass is 10.2. The molecular formula is C11H14N2O4S. The molecule has 0 bridgehead atoms. The lowest BCUT2D eigenvalue weighted by Crippen LogP contribution is -2.38. The number of amides is 3. The Hall–Kier alpha value is -1.57. The van der Waals surface area contributed by atoms with E-state index in [1.54, 1.807) is 12.1 Å². The lowest BCUT2D eigenvalue weighted by Gasteiger charge is -2.04. The summed E-state index contributed by atoms with van der Waals surface area (Å²) in [5.41, 5.74) is 0.830. The van der Waals surface area contributed by atoms with Crippen LogP contribution in [0.15, 0.2) is 29.2 Å². The molecule has 0 fully saturated rings. The van der Waals surface area contributed by atoms with Crippen molar-refractivity contribution >= 4 is 23.7 Å². The molecule has 0 radical (unpaired) electrons. The largest absolute Gasteiger partial charge is 0.341 e. The number of urea groups is 1. The molecule has 7 heteroatoms. The monoisotopic (exact) mass is 270 g/mol. The molecule has 3 amide bonds. The first kappa shape index (κ1) is 14.5. The van der Waals surface area contributed by atoms with Crippen LogP contribution in [-0.2, 0) is 16.3 Å². The van der Waals surface area contributed by atoms with Gasteiger partial charge in [0.25, 0.3) is 0 Å². The summed E-state index contributed by atoms with van der Waals surface area (Å²) in [5.74, 6) is -0.203. The number of rotatable bonds is 5. The Balaban J connectivity index is 2.39. The van der Waals surface area contributed by atoms with E-state index in [0.717, 1.165) is 10.5 Å². The third-order valence-corrected chi connectivity index (χ3v) is 3.02. The SMILES string of the molecule is CNC(=O)NC(=O)CSc1ccc(COO)cc1. The van der Waals surface area contributed by atoms with E-state index in [1.165, 1.54) is 18.8 Å². The smallest absolute Gasteiger partial charge is 0.321 e. The maximum atomic E-state index is 11.3. The van der Waals surface area contributed by atoms with E-state index in [0.29, 0.717) is 0 Å². The number of imide groups is 1. The highest BCUT2D eigenvalue weighted by Gasteiger charge is 2.06. The average molecular weight is 270 g/mol. The van der Waals surface area contributed by atoms with Crippen molar-refractivity contribution in [2.24, 2.45) is 0 Å². The van der Waals surface area contributed by atoms with Crippen molar-refractivity contribution < 1.29 is 19.7 Å². The molecule has 1 aromatic rings. The van der Waals surface area contributed by atoms with E-state index in [9.17, 15) is 9.59 Å². The van der Waals surface area contributed by atoms with Crippen LogP contribution in [-0.4, -0.2) is 30.0 Å². The Morgan fingerprint density at radius 3 is 2.56 bits per heavy atom. The fourth-order valence-electron chi connectivity index (χ4n) is 1.13. The third-order valence-electron chi connectivity index (χ3n) is 2.00. The molecule has 3 N–H and O–H groups in total. The molecule has 0 aliphatic rings. The first-order valence-electron chi connectivity index (χ1n) is 5.15. The number of carbonyl (C=O) groups is 2. The highest BCUT2D eigenvalue weighted by atomic mass is 32.2. The van der Waals surface area contributed by atoms with Crippen molar-refractivity contribution in [1.29, 1.82) is 0 Å². The van der Waals surface area contributed by atoms with Crippen molar-refractivity contribution in [3.8, 4) is 0 Å². The minimum Gasteiger partial charge on any atom is -0.341 e. The average Bonchev–Trinajstić information content (AvgIpc) is 2.38. The number of benzene rings is 1. The van der Waals surface area contributed by atoms with Crippen molar-refractivity contribution in [3.05, 3.63) is 29.8 Å². The zero-order chi connectivity index (χ0) is 13.4. The second kappa shape index (κ2) is 7.70. The first-order chi connectivity index (χ1) is 8.65. The van der Waals surface area contributed by atoms with Gasteiger partial charge in [-0.05, 0) is 17.7 Å². The van der Waals surface area contributed by atoms with Crippen LogP contribution in [0.2, 0.25) is 0 Å². The van der Waals surface area contributed by atoms with Gasteiger partial charge in [0.2, 0.25) is 5.91 Å². The fourth-order valence-corrected chi connectivity index (χ4v) is 1.83. The summed E-state index contributed by atoms with van der Waals surface area (Å²) in [4.78, 5) is 27.1. The van der Waals surface area contributed by atoms with Crippen molar-refractivity contribution in [3.63, 3.8) is 0 Å². The van der Waals surface area contributed by atoms with Crippen LogP contribution < -0.4 is 10.6 Å². The first-order valence-corrected chi connectivity index (χ1v) is 6.14. The Morgan fingerprint density at radius 2 is 2.00 bits per heavy atom. The molecule has 0 atom stereocenters. The molecule has 0 aromatic heterocycles. The molecule has 0 saturated carbocycles. The molecule has 0 aliphatic carbocycles. The highest BCUT2D eigenvalue weighted by Crippen LogP contribution is 2.18. The summed E-state index contributed by atoms with van der Waals surface area (Å²) in [7, 11) is 1.44. The quantitative estimate of drug-likeness (QED) is 0.425. The van der Waals surface area contributed by atoms with Crippen LogP contribution in [0.1, 0.15) is 5.56 Å². The van der Waals surface area contributed by atoms with Gasteiger partial charge in [-0.3, -0.25) is 15.4 Å². The number of nitrogens with one attached hydrogen (secondary N) is 2. The van der Waals surface area contributed by atoms with Gasteiger partial charge in [-0.2, -0.15) is 0 Å². The van der Waals surface area contributed by atoms with E-state index in [2.05, 4.69) is 15.5 Å². The van der Waals surface area contributed by atoms with Gasteiger partial charge < -0.3 is 5.32 Å². The standard InChI is InChI=1S/C11H14N2O4S/c1-12-11(15)13-10(14)7-18-9-4-2-8(3-5-9)6-17-16/h2-5,16H,6-7H2,1H3,(H2,12,13,14,15). The number of hydrogen-bond donors (Lipinski definition) is 3. The van der Waals surface area contributed by atoms with Crippen molar-refractivity contribution in [1.82, 2.24) is 10.6 Å². The summed E-state index contributed by atoms with van der Waals surface area (Å²) < 4.78 is 0. The minimum atomic E-state index is -0.518. The predicted molar refractivity (Wildman–Crippen MR) is 67.2 cm³/mol.